The summed E-state index contributed by atoms with van der Waals surface area (Å²) >= 11 is 0. The number of carboxylic acids is 1. The third kappa shape index (κ3) is 4.51. The predicted molar refractivity (Wildman–Crippen MR) is 90.3 cm³/mol. The first-order valence-electron chi connectivity index (χ1n) is 7.14. The van der Waals surface area contributed by atoms with Crippen molar-refractivity contribution in [2.75, 3.05) is 0 Å². The van der Waals surface area contributed by atoms with Crippen molar-refractivity contribution < 1.29 is 19.0 Å². The second kappa shape index (κ2) is 8.20. The number of nitriles is 1. The van der Waals surface area contributed by atoms with Crippen LogP contribution in [0.2, 0.25) is 0 Å². The topological polar surface area (TPSA) is 134 Å². The summed E-state index contributed by atoms with van der Waals surface area (Å²) in [6, 6.07) is 12.2. The van der Waals surface area contributed by atoms with Gasteiger partial charge in [0, 0.05) is 5.56 Å². The molecule has 0 unspecified atom stereocenters. The second-order valence-corrected chi connectivity index (χ2v) is 4.88. The van der Waals surface area contributed by atoms with E-state index in [2.05, 4.69) is 11.8 Å². The number of hydrogen-bond acceptors (Lipinski definition) is 6. The zero-order valence-corrected chi connectivity index (χ0v) is 13.3. The fourth-order valence-corrected chi connectivity index (χ4v) is 1.85. The molecule has 0 amide bonds. The van der Waals surface area contributed by atoms with Crippen molar-refractivity contribution in [2.24, 2.45) is 11.6 Å². The molecule has 6 N–H and O–H groups in total. The van der Waals surface area contributed by atoms with Gasteiger partial charge in [0.2, 0.25) is 5.88 Å². The molecule has 0 saturated heterocycles. The van der Waals surface area contributed by atoms with Gasteiger partial charge < -0.3 is 15.6 Å². The van der Waals surface area contributed by atoms with Crippen LogP contribution >= 0.6 is 0 Å². The van der Waals surface area contributed by atoms with Gasteiger partial charge in [-0.3, -0.25) is 5.43 Å². The van der Waals surface area contributed by atoms with Crippen LogP contribution < -0.4 is 21.7 Å². The number of nitrogens with two attached hydrogens (primary N) is 2. The van der Waals surface area contributed by atoms with Crippen molar-refractivity contribution in [3.05, 3.63) is 76.6 Å². The lowest BCUT2D eigenvalue weighted by Crippen LogP contribution is -2.31. The molecule has 0 aliphatic carbocycles. The van der Waals surface area contributed by atoms with Gasteiger partial charge in [0.25, 0.3) is 0 Å². The van der Waals surface area contributed by atoms with Gasteiger partial charge in [-0.25, -0.2) is 15.0 Å². The number of ether oxygens (including phenoxy) is 1. The van der Waals surface area contributed by atoms with Crippen molar-refractivity contribution in [3.63, 3.8) is 0 Å². The van der Waals surface area contributed by atoms with Crippen LogP contribution in [0.25, 0.3) is 0 Å². The molecule has 0 aromatic heterocycles. The van der Waals surface area contributed by atoms with Gasteiger partial charge in [0.15, 0.2) is 5.70 Å². The molecule has 0 radical (unpaired) electrons. The summed E-state index contributed by atoms with van der Waals surface area (Å²) in [6.45, 7) is 0. The Kier molecular flexibility index (Phi) is 5.78. The molecule has 2 aromatic rings. The van der Waals surface area contributed by atoms with E-state index in [1.165, 1.54) is 12.1 Å². The van der Waals surface area contributed by atoms with E-state index in [0.29, 0.717) is 11.1 Å². The molecule has 130 valence electrons. The predicted octanol–water partition coefficient (Wildman–Crippen LogP) is 1.15. The maximum atomic E-state index is 13.9. The number of nitrogens with one attached hydrogen (secondary N) is 1. The Morgan fingerprint density at radius 3 is 2.58 bits per heavy atom. The van der Waals surface area contributed by atoms with E-state index in [4.69, 9.17) is 26.7 Å². The Bertz CT molecular complexity index is 984. The molecule has 7 nitrogen and oxygen atoms in total. The molecular formula is C18H13FN4O3. The van der Waals surface area contributed by atoms with Gasteiger partial charge in [-0.15, -0.1) is 0 Å². The third-order valence-electron chi connectivity index (χ3n) is 3.10. The monoisotopic (exact) mass is 352 g/mol. The van der Waals surface area contributed by atoms with Crippen molar-refractivity contribution >= 4 is 5.97 Å². The zero-order valence-electron chi connectivity index (χ0n) is 13.3. The Labute approximate surface area is 148 Å². The summed E-state index contributed by atoms with van der Waals surface area (Å²) < 4.78 is 19.2. The lowest BCUT2D eigenvalue weighted by Gasteiger charge is -2.11. The fourth-order valence-electron chi connectivity index (χ4n) is 1.85. The lowest BCUT2D eigenvalue weighted by atomic mass is 10.1. The number of rotatable bonds is 4. The molecule has 0 atom stereocenters. The molecular weight excluding hydrogens is 339 g/mol. The van der Waals surface area contributed by atoms with Crippen LogP contribution in [0.1, 0.15) is 16.7 Å². The average molecular weight is 352 g/mol. The molecule has 0 bridgehead atoms. The molecule has 2 aromatic carbocycles. The van der Waals surface area contributed by atoms with Crippen molar-refractivity contribution in [2.45, 2.75) is 0 Å². The van der Waals surface area contributed by atoms with Crippen LogP contribution in [0.15, 0.2) is 54.0 Å². The number of carboxylic acid groups (broad SMARTS) is 1. The molecule has 8 heteroatoms. The van der Waals surface area contributed by atoms with Gasteiger partial charge in [0.1, 0.15) is 11.6 Å². The first-order chi connectivity index (χ1) is 12.4. The fraction of sp³-hybridized carbons (Fsp3) is 0. The van der Waals surface area contributed by atoms with E-state index in [-0.39, 0.29) is 11.3 Å². The van der Waals surface area contributed by atoms with Crippen molar-refractivity contribution in [1.29, 1.82) is 5.26 Å². The number of hydrazine groups is 1. The number of carbonyl (C=O) groups is 1. The highest BCUT2D eigenvalue weighted by molar-refractivity contribution is 5.85. The van der Waals surface area contributed by atoms with Crippen LogP contribution in [0.3, 0.4) is 0 Å². The van der Waals surface area contributed by atoms with Crippen LogP contribution in [-0.2, 0) is 4.79 Å². The van der Waals surface area contributed by atoms with E-state index in [0.717, 1.165) is 6.07 Å². The van der Waals surface area contributed by atoms with E-state index in [9.17, 15) is 9.18 Å². The Hall–Kier alpha value is -4.01. The number of nitrogens with zero attached hydrogens (tertiary/aromatic N) is 1. The minimum Gasteiger partial charge on any atom is -0.476 e. The van der Waals surface area contributed by atoms with E-state index >= 15 is 0 Å². The maximum Gasteiger partial charge on any atom is 0.357 e. The number of hydrogen-bond donors (Lipinski definition) is 4. The number of benzene rings is 2. The van der Waals surface area contributed by atoms with Crippen molar-refractivity contribution in [3.8, 4) is 23.7 Å². The number of aliphatic carboxylic acids is 1. The minimum atomic E-state index is -1.43. The molecule has 0 aliphatic heterocycles. The summed E-state index contributed by atoms with van der Waals surface area (Å²) in [5.74, 6) is 8.22. The molecule has 0 heterocycles. The molecule has 0 aliphatic rings. The van der Waals surface area contributed by atoms with Crippen molar-refractivity contribution in [1.82, 2.24) is 5.43 Å². The molecule has 2 rings (SSSR count). The smallest absolute Gasteiger partial charge is 0.357 e. The molecule has 0 fully saturated rings. The SMILES string of the molecule is N#Cc1cccc(C#Cc2cc(O/C(NN)=C(/N)C(=O)O)ccc2F)c1. The first-order valence-corrected chi connectivity index (χ1v) is 7.14. The summed E-state index contributed by atoms with van der Waals surface area (Å²) in [5, 5.41) is 17.7. The highest BCUT2D eigenvalue weighted by Gasteiger charge is 2.13. The molecule has 26 heavy (non-hydrogen) atoms. The van der Waals surface area contributed by atoms with Crippen LogP contribution in [-0.4, -0.2) is 11.1 Å². The minimum absolute atomic E-state index is 0.00938. The normalized spacial score (nSPS) is 10.7. The standard InChI is InChI=1S/C18H13FN4O3/c19-15-7-6-14(26-17(23-22)16(21)18(24)25)9-13(15)5-4-11-2-1-3-12(8-11)10-20/h1-3,6-9,23H,21-22H2,(H,24,25)/b17-16+. The largest absolute Gasteiger partial charge is 0.476 e. The van der Waals surface area contributed by atoms with Gasteiger partial charge in [-0.1, -0.05) is 17.9 Å². The third-order valence-corrected chi connectivity index (χ3v) is 3.10. The lowest BCUT2D eigenvalue weighted by molar-refractivity contribution is -0.132. The summed E-state index contributed by atoms with van der Waals surface area (Å²) in [4.78, 5) is 10.9. The summed E-state index contributed by atoms with van der Waals surface area (Å²) in [7, 11) is 0. The second-order valence-electron chi connectivity index (χ2n) is 4.88. The number of halogens is 1. The average Bonchev–Trinajstić information content (AvgIpc) is 2.65. The first kappa shape index (κ1) is 18.3. The quantitative estimate of drug-likeness (QED) is 0.213. The van der Waals surface area contributed by atoms with Gasteiger partial charge in [-0.05, 0) is 36.4 Å². The maximum absolute atomic E-state index is 13.9. The van der Waals surface area contributed by atoms with Gasteiger partial charge in [0.05, 0.1) is 17.2 Å². The van der Waals surface area contributed by atoms with Crippen LogP contribution in [0.4, 0.5) is 4.39 Å². The Morgan fingerprint density at radius 2 is 1.92 bits per heavy atom. The molecule has 0 spiro atoms. The van der Waals surface area contributed by atoms with E-state index < -0.39 is 23.4 Å². The summed E-state index contributed by atoms with van der Waals surface area (Å²) in [5.41, 5.74) is 7.70. The van der Waals surface area contributed by atoms with E-state index in [1.807, 2.05) is 11.5 Å². The zero-order chi connectivity index (χ0) is 19.1. The van der Waals surface area contributed by atoms with Crippen LogP contribution in [0, 0.1) is 29.0 Å². The van der Waals surface area contributed by atoms with E-state index in [1.54, 1.807) is 24.3 Å². The van der Waals surface area contributed by atoms with Gasteiger partial charge >= 0.3 is 5.97 Å². The Balaban J connectivity index is 2.34. The highest BCUT2D eigenvalue weighted by Crippen LogP contribution is 2.18. The van der Waals surface area contributed by atoms with Crippen LogP contribution in [0.5, 0.6) is 5.75 Å². The van der Waals surface area contributed by atoms with Gasteiger partial charge in [-0.2, -0.15) is 5.26 Å². The summed E-state index contributed by atoms with van der Waals surface area (Å²) in [6.07, 6.45) is 0. The Morgan fingerprint density at radius 1 is 1.19 bits per heavy atom. The molecule has 0 saturated carbocycles. The highest BCUT2D eigenvalue weighted by atomic mass is 19.1.